The molecule has 0 spiro atoms. The van der Waals surface area contributed by atoms with Gasteiger partial charge < -0.3 is 15.0 Å². The lowest BCUT2D eigenvalue weighted by atomic mass is 9.73. The van der Waals surface area contributed by atoms with Crippen LogP contribution in [0.2, 0.25) is 0 Å². The molecule has 3 atom stereocenters. The molecule has 0 unspecified atom stereocenters. The average Bonchev–Trinajstić information content (AvgIpc) is 3.74. The highest BCUT2D eigenvalue weighted by Gasteiger charge is 2.47. The maximum atomic E-state index is 13.2. The Morgan fingerprint density at radius 3 is 2.61 bits per heavy atom. The third-order valence-corrected chi connectivity index (χ3v) is 8.34. The number of carbonyl (C=O) groups excluding carboxylic acids is 2. The monoisotopic (exact) mass is 513 g/mol. The zero-order valence-corrected chi connectivity index (χ0v) is 22.8. The van der Waals surface area contributed by atoms with Crippen LogP contribution in [-0.2, 0) is 16.0 Å². The maximum Gasteiger partial charge on any atom is 0.251 e. The number of carbonyl (C=O) groups is 2. The molecule has 1 saturated heterocycles. The molecule has 0 bridgehead atoms. The number of rotatable bonds is 6. The zero-order chi connectivity index (χ0) is 26.6. The highest BCUT2D eigenvalue weighted by molar-refractivity contribution is 5.98. The Morgan fingerprint density at radius 2 is 1.89 bits per heavy atom. The van der Waals surface area contributed by atoms with Crippen LogP contribution >= 0.6 is 0 Å². The van der Waals surface area contributed by atoms with Gasteiger partial charge in [-0.15, -0.1) is 5.92 Å². The summed E-state index contributed by atoms with van der Waals surface area (Å²) in [6, 6.07) is 12.3. The lowest BCUT2D eigenvalue weighted by Gasteiger charge is -2.45. The molecule has 0 radical (unpaired) electrons. The van der Waals surface area contributed by atoms with Gasteiger partial charge in [0.25, 0.3) is 5.91 Å². The Hall–Kier alpha value is -3.17. The Kier molecular flexibility index (Phi) is 8.14. The van der Waals surface area contributed by atoms with E-state index in [1.807, 2.05) is 48.2 Å². The van der Waals surface area contributed by atoms with Gasteiger partial charge in [0.05, 0.1) is 12.1 Å². The van der Waals surface area contributed by atoms with Crippen molar-refractivity contribution >= 4 is 17.5 Å². The van der Waals surface area contributed by atoms with Crippen LogP contribution in [0, 0.1) is 30.6 Å². The molecule has 5 rings (SSSR count). The molecule has 38 heavy (non-hydrogen) atoms. The highest BCUT2D eigenvalue weighted by Crippen LogP contribution is 2.51. The Balaban J connectivity index is 1.38. The van der Waals surface area contributed by atoms with Gasteiger partial charge >= 0.3 is 0 Å². The second-order valence-corrected chi connectivity index (χ2v) is 11.2. The van der Waals surface area contributed by atoms with Crippen molar-refractivity contribution in [1.29, 1.82) is 0 Å². The zero-order valence-electron chi connectivity index (χ0n) is 22.8. The first-order valence-electron chi connectivity index (χ1n) is 14.1. The molecule has 1 N–H and O–H groups in total. The Morgan fingerprint density at radius 1 is 1.11 bits per heavy atom. The van der Waals surface area contributed by atoms with Crippen LogP contribution in [0.5, 0.6) is 0 Å². The van der Waals surface area contributed by atoms with E-state index in [0.717, 1.165) is 48.3 Å². The molecule has 2 amide bonds. The molecule has 6 nitrogen and oxygen atoms in total. The van der Waals surface area contributed by atoms with Crippen molar-refractivity contribution < 1.29 is 14.3 Å². The number of aromatic nitrogens is 1. The van der Waals surface area contributed by atoms with Crippen LogP contribution < -0.4 is 10.2 Å². The summed E-state index contributed by atoms with van der Waals surface area (Å²) in [7, 11) is 0. The van der Waals surface area contributed by atoms with E-state index in [1.165, 1.54) is 12.8 Å². The maximum absolute atomic E-state index is 13.2. The summed E-state index contributed by atoms with van der Waals surface area (Å²) in [5.74, 6) is 7.81. The Bertz CT molecular complexity index is 1240. The SMILES string of the molecule is CC(=O)N1c2ccc(C(=O)NC3CCOCC3)cc2[C@H](CCC#CCc2cccc(C)n2)[C@@H](C)[C@@H]1C1CC1. The first kappa shape index (κ1) is 26.4. The van der Waals surface area contributed by atoms with Crippen molar-refractivity contribution in [2.45, 2.75) is 83.7 Å². The molecule has 6 heteroatoms. The third-order valence-electron chi connectivity index (χ3n) is 8.34. The first-order valence-corrected chi connectivity index (χ1v) is 14.1. The Labute approximate surface area is 226 Å². The van der Waals surface area contributed by atoms with Gasteiger partial charge in [-0.25, -0.2) is 0 Å². The summed E-state index contributed by atoms with van der Waals surface area (Å²) < 4.78 is 5.44. The van der Waals surface area contributed by atoms with Crippen molar-refractivity contribution in [2.24, 2.45) is 11.8 Å². The second-order valence-electron chi connectivity index (χ2n) is 11.2. The quantitative estimate of drug-likeness (QED) is 0.540. The summed E-state index contributed by atoms with van der Waals surface area (Å²) in [6.45, 7) is 7.32. The smallest absolute Gasteiger partial charge is 0.251 e. The number of benzene rings is 1. The van der Waals surface area contributed by atoms with Crippen LogP contribution in [0.15, 0.2) is 36.4 Å². The van der Waals surface area contributed by atoms with Gasteiger partial charge in [0.15, 0.2) is 0 Å². The highest BCUT2D eigenvalue weighted by atomic mass is 16.5. The number of hydrogen-bond acceptors (Lipinski definition) is 4. The predicted octanol–water partition coefficient (Wildman–Crippen LogP) is 5.19. The van der Waals surface area contributed by atoms with Gasteiger partial charge in [-0.3, -0.25) is 14.6 Å². The fourth-order valence-corrected chi connectivity index (χ4v) is 6.28. The minimum Gasteiger partial charge on any atom is -0.381 e. The van der Waals surface area contributed by atoms with Crippen molar-refractivity contribution in [3.8, 4) is 11.8 Å². The van der Waals surface area contributed by atoms with Crippen LogP contribution in [0.1, 0.15) is 85.6 Å². The van der Waals surface area contributed by atoms with Gasteiger partial charge in [-0.1, -0.05) is 18.9 Å². The topological polar surface area (TPSA) is 71.5 Å². The molecule has 2 aromatic rings. The first-order chi connectivity index (χ1) is 18.4. The van der Waals surface area contributed by atoms with E-state index < -0.39 is 0 Å². The standard InChI is InChI=1S/C32H39N3O3/c1-21-8-7-10-26(33-21)9-5-4-6-11-28-22(2)31(24-12-13-24)35(23(3)36)30-15-14-25(20-29(28)30)32(37)34-27-16-18-38-19-17-27/h7-8,10,14-15,20,22,24,27-28,31H,6,9,11-13,16-19H2,1-3H3,(H,34,37)/t22-,28-,31-/m1/s1. The van der Waals surface area contributed by atoms with Crippen molar-refractivity contribution in [3.63, 3.8) is 0 Å². The molecule has 200 valence electrons. The molecule has 1 aromatic carbocycles. The summed E-state index contributed by atoms with van der Waals surface area (Å²) in [6.07, 6.45) is 6.37. The molecule has 1 saturated carbocycles. The normalized spacial score (nSPS) is 23.2. The van der Waals surface area contributed by atoms with Gasteiger partial charge in [-0.2, -0.15) is 0 Å². The number of nitrogens with zero attached hydrogens (tertiary/aromatic N) is 2. The fourth-order valence-electron chi connectivity index (χ4n) is 6.28. The van der Waals surface area contributed by atoms with Crippen LogP contribution in [-0.4, -0.2) is 42.1 Å². The van der Waals surface area contributed by atoms with Crippen molar-refractivity contribution in [1.82, 2.24) is 10.3 Å². The van der Waals surface area contributed by atoms with Gasteiger partial charge in [0, 0.05) is 55.6 Å². The summed E-state index contributed by atoms with van der Waals surface area (Å²) in [4.78, 5) is 32.6. The molecular formula is C32H39N3O3. The number of hydrogen-bond donors (Lipinski definition) is 1. The number of nitrogens with one attached hydrogen (secondary N) is 1. The molecule has 3 aliphatic rings. The van der Waals surface area contributed by atoms with Gasteiger partial charge in [0.1, 0.15) is 0 Å². The number of fused-ring (bicyclic) bond motifs is 1. The van der Waals surface area contributed by atoms with E-state index in [1.54, 1.807) is 6.92 Å². The van der Waals surface area contributed by atoms with Gasteiger partial charge in [0.2, 0.25) is 5.91 Å². The summed E-state index contributed by atoms with van der Waals surface area (Å²) in [5, 5.41) is 3.19. The predicted molar refractivity (Wildman–Crippen MR) is 149 cm³/mol. The lowest BCUT2D eigenvalue weighted by Crippen LogP contribution is -2.50. The molecule has 2 aliphatic heterocycles. The fraction of sp³-hybridized carbons (Fsp3) is 0.531. The lowest BCUT2D eigenvalue weighted by molar-refractivity contribution is -0.117. The van der Waals surface area contributed by atoms with E-state index in [2.05, 4.69) is 29.1 Å². The van der Waals surface area contributed by atoms with Crippen LogP contribution in [0.4, 0.5) is 5.69 Å². The minimum absolute atomic E-state index is 0.0461. The average molecular weight is 514 g/mol. The molecule has 1 aromatic heterocycles. The van der Waals surface area contributed by atoms with E-state index in [9.17, 15) is 9.59 Å². The summed E-state index contributed by atoms with van der Waals surface area (Å²) in [5.41, 5.74) is 4.75. The molecule has 3 heterocycles. The molecule has 2 fully saturated rings. The van der Waals surface area contributed by atoms with E-state index >= 15 is 0 Å². The van der Waals surface area contributed by atoms with Gasteiger partial charge in [-0.05, 0) is 92.7 Å². The number of ether oxygens (including phenoxy) is 1. The molecular weight excluding hydrogens is 474 g/mol. The second kappa shape index (κ2) is 11.7. The number of pyridine rings is 1. The summed E-state index contributed by atoms with van der Waals surface area (Å²) >= 11 is 0. The van der Waals surface area contributed by atoms with E-state index in [-0.39, 0.29) is 29.8 Å². The third kappa shape index (κ3) is 5.94. The van der Waals surface area contributed by atoms with Crippen LogP contribution in [0.3, 0.4) is 0 Å². The number of amides is 2. The molecule has 1 aliphatic carbocycles. The largest absolute Gasteiger partial charge is 0.381 e. The van der Waals surface area contributed by atoms with Crippen LogP contribution in [0.25, 0.3) is 0 Å². The number of aryl methyl sites for hydroxylation is 1. The van der Waals surface area contributed by atoms with E-state index in [0.29, 0.717) is 37.0 Å². The minimum atomic E-state index is -0.0461. The van der Waals surface area contributed by atoms with Crippen molar-refractivity contribution in [2.75, 3.05) is 18.1 Å². The van der Waals surface area contributed by atoms with E-state index in [4.69, 9.17) is 4.74 Å². The van der Waals surface area contributed by atoms with Crippen molar-refractivity contribution in [3.05, 3.63) is 58.9 Å². The number of anilines is 1.